The van der Waals surface area contributed by atoms with Crippen LogP contribution in [0.15, 0.2) is 49.5 Å². The zero-order valence-electron chi connectivity index (χ0n) is 17.6. The number of phenolic OH excluding ortho intramolecular Hbond substituents is 1. The molecule has 0 aliphatic rings. The van der Waals surface area contributed by atoms with Crippen molar-refractivity contribution in [2.75, 3.05) is 7.11 Å². The van der Waals surface area contributed by atoms with Crippen LogP contribution in [-0.2, 0) is 12.0 Å². The van der Waals surface area contributed by atoms with E-state index >= 15 is 0 Å². The predicted octanol–water partition coefficient (Wildman–Crippen LogP) is 5.14. The third-order valence-electron chi connectivity index (χ3n) is 5.15. The van der Waals surface area contributed by atoms with Crippen LogP contribution in [0.5, 0.6) is 11.5 Å². The fourth-order valence-corrected chi connectivity index (χ4v) is 3.62. The molecule has 0 amide bonds. The first-order chi connectivity index (χ1) is 14.1. The van der Waals surface area contributed by atoms with Gasteiger partial charge in [0.2, 0.25) is 5.43 Å². The van der Waals surface area contributed by atoms with Crippen LogP contribution in [0.1, 0.15) is 39.0 Å². The van der Waals surface area contributed by atoms with Crippen molar-refractivity contribution >= 4 is 32.9 Å². The van der Waals surface area contributed by atoms with E-state index in [0.29, 0.717) is 45.1 Å². The molecule has 30 heavy (non-hydrogen) atoms. The molecule has 0 radical (unpaired) electrons. The van der Waals surface area contributed by atoms with E-state index in [4.69, 9.17) is 13.6 Å². The number of hydrogen-bond acceptors (Lipinski definition) is 6. The minimum absolute atomic E-state index is 0.0898. The van der Waals surface area contributed by atoms with Crippen molar-refractivity contribution in [1.82, 2.24) is 0 Å². The van der Waals surface area contributed by atoms with Gasteiger partial charge in [-0.25, -0.2) is 0 Å². The normalized spacial score (nSPS) is 12.1. The van der Waals surface area contributed by atoms with E-state index in [9.17, 15) is 15.0 Å². The molecule has 0 saturated heterocycles. The van der Waals surface area contributed by atoms with E-state index in [0.717, 1.165) is 5.57 Å². The van der Waals surface area contributed by atoms with E-state index in [1.54, 1.807) is 32.0 Å². The van der Waals surface area contributed by atoms with Crippen molar-refractivity contribution in [2.24, 2.45) is 0 Å². The van der Waals surface area contributed by atoms with Crippen molar-refractivity contribution in [1.29, 1.82) is 0 Å². The molecule has 0 fully saturated rings. The summed E-state index contributed by atoms with van der Waals surface area (Å²) in [5, 5.41) is 22.1. The summed E-state index contributed by atoms with van der Waals surface area (Å²) in [6, 6.07) is 6.46. The van der Waals surface area contributed by atoms with Gasteiger partial charge in [-0.1, -0.05) is 11.6 Å². The summed E-state index contributed by atoms with van der Waals surface area (Å²) in [6.45, 7) is 7.19. The predicted molar refractivity (Wildman–Crippen MR) is 116 cm³/mol. The van der Waals surface area contributed by atoms with Gasteiger partial charge in [-0.3, -0.25) is 4.79 Å². The second kappa shape index (κ2) is 6.92. The Hall–Kier alpha value is -3.25. The monoisotopic (exact) mass is 408 g/mol. The molecule has 0 bridgehead atoms. The number of hydrogen-bond donors (Lipinski definition) is 2. The minimum Gasteiger partial charge on any atom is -0.504 e. The number of allylic oxidation sites excluding steroid dienone is 2. The Morgan fingerprint density at radius 3 is 2.47 bits per heavy atom. The highest BCUT2D eigenvalue weighted by molar-refractivity contribution is 5.99. The van der Waals surface area contributed by atoms with Gasteiger partial charge in [0.25, 0.3) is 0 Å². The second-order valence-electron chi connectivity index (χ2n) is 8.25. The third kappa shape index (κ3) is 3.23. The summed E-state index contributed by atoms with van der Waals surface area (Å²) >= 11 is 0. The molecule has 0 unspecified atom stereocenters. The van der Waals surface area contributed by atoms with Gasteiger partial charge in [0.15, 0.2) is 11.5 Å². The fraction of sp³-hybridized carbons (Fsp3) is 0.292. The first kappa shape index (κ1) is 20.0. The lowest BCUT2D eigenvalue weighted by Gasteiger charge is -2.13. The van der Waals surface area contributed by atoms with Crippen LogP contribution in [0.4, 0.5) is 0 Å². The maximum Gasteiger partial charge on any atom is 0.200 e. The van der Waals surface area contributed by atoms with E-state index in [2.05, 4.69) is 0 Å². The molecule has 0 saturated carbocycles. The van der Waals surface area contributed by atoms with Crippen LogP contribution in [-0.4, -0.2) is 17.3 Å². The lowest BCUT2D eigenvalue weighted by molar-refractivity contribution is 0.0559. The zero-order chi connectivity index (χ0) is 21.8. The first-order valence-corrected chi connectivity index (χ1v) is 9.69. The standard InChI is InChI=1S/C24H24O6/c1-12(2)6-7-14-21-19(10-16(25)23(14)28-5)29-18-11-17-13(8-15(18)22(21)26)9-20(30-17)24(3,4)27/h6,8-11,25,27H,7H2,1-5H3. The van der Waals surface area contributed by atoms with Crippen LogP contribution < -0.4 is 10.2 Å². The summed E-state index contributed by atoms with van der Waals surface area (Å²) in [5.41, 5.74) is 1.42. The van der Waals surface area contributed by atoms with Crippen LogP contribution in [0.25, 0.3) is 32.9 Å². The topological polar surface area (TPSA) is 93.0 Å². The van der Waals surface area contributed by atoms with Gasteiger partial charge in [0.1, 0.15) is 28.1 Å². The minimum atomic E-state index is -1.15. The zero-order valence-corrected chi connectivity index (χ0v) is 17.6. The first-order valence-electron chi connectivity index (χ1n) is 9.69. The fourth-order valence-electron chi connectivity index (χ4n) is 3.62. The Balaban J connectivity index is 2.09. The molecule has 2 N–H and O–H groups in total. The van der Waals surface area contributed by atoms with Crippen LogP contribution in [0.2, 0.25) is 0 Å². The highest BCUT2D eigenvalue weighted by atomic mass is 16.5. The van der Waals surface area contributed by atoms with Gasteiger partial charge in [0, 0.05) is 23.1 Å². The van der Waals surface area contributed by atoms with Gasteiger partial charge in [-0.05, 0) is 46.2 Å². The summed E-state index contributed by atoms with van der Waals surface area (Å²) in [6.07, 6.45) is 2.39. The van der Waals surface area contributed by atoms with Gasteiger partial charge >= 0.3 is 0 Å². The number of methoxy groups -OCH3 is 1. The molecule has 0 atom stereocenters. The molecule has 6 heteroatoms. The van der Waals surface area contributed by atoms with Gasteiger partial charge in [-0.15, -0.1) is 0 Å². The maximum atomic E-state index is 13.5. The summed E-state index contributed by atoms with van der Waals surface area (Å²) in [7, 11) is 1.46. The van der Waals surface area contributed by atoms with E-state index < -0.39 is 5.60 Å². The average Bonchev–Trinajstić information content (AvgIpc) is 3.08. The van der Waals surface area contributed by atoms with Crippen LogP contribution >= 0.6 is 0 Å². The lowest BCUT2D eigenvalue weighted by atomic mass is 10.0. The lowest BCUT2D eigenvalue weighted by Crippen LogP contribution is -2.13. The Morgan fingerprint density at radius 2 is 1.83 bits per heavy atom. The molecule has 6 nitrogen and oxygen atoms in total. The average molecular weight is 408 g/mol. The molecule has 2 aromatic heterocycles. The number of aliphatic hydroxyl groups is 1. The van der Waals surface area contributed by atoms with Crippen molar-refractivity contribution in [2.45, 2.75) is 39.7 Å². The van der Waals surface area contributed by atoms with Gasteiger partial charge in [0.05, 0.1) is 17.9 Å². The molecule has 0 spiro atoms. The second-order valence-corrected chi connectivity index (χ2v) is 8.25. The number of aromatic hydroxyl groups is 1. The highest BCUT2D eigenvalue weighted by Gasteiger charge is 2.23. The van der Waals surface area contributed by atoms with Gasteiger partial charge in [-0.2, -0.15) is 0 Å². The van der Waals surface area contributed by atoms with Crippen molar-refractivity contribution in [3.63, 3.8) is 0 Å². The largest absolute Gasteiger partial charge is 0.504 e. The maximum absolute atomic E-state index is 13.5. The number of benzene rings is 2. The Bertz CT molecular complexity index is 1370. The number of ether oxygens (including phenoxy) is 1. The number of fused-ring (bicyclic) bond motifs is 3. The molecular formula is C24H24O6. The molecule has 2 heterocycles. The van der Waals surface area contributed by atoms with Gasteiger partial charge < -0.3 is 23.8 Å². The summed E-state index contributed by atoms with van der Waals surface area (Å²) < 4.78 is 17.1. The Labute approximate surface area is 173 Å². The third-order valence-corrected chi connectivity index (χ3v) is 5.15. The summed E-state index contributed by atoms with van der Waals surface area (Å²) in [4.78, 5) is 13.5. The Kier molecular flexibility index (Phi) is 4.62. The van der Waals surface area contributed by atoms with Crippen molar-refractivity contribution in [3.05, 3.63) is 57.5 Å². The quantitative estimate of drug-likeness (QED) is 0.359. The molecule has 156 valence electrons. The summed E-state index contributed by atoms with van der Waals surface area (Å²) in [5.74, 6) is 0.571. The van der Waals surface area contributed by atoms with Crippen molar-refractivity contribution in [3.8, 4) is 11.5 Å². The highest BCUT2D eigenvalue weighted by Crippen LogP contribution is 2.38. The molecular weight excluding hydrogens is 384 g/mol. The molecule has 0 aliphatic heterocycles. The van der Waals surface area contributed by atoms with E-state index in [1.807, 2.05) is 19.9 Å². The Morgan fingerprint density at radius 1 is 1.10 bits per heavy atom. The molecule has 2 aromatic carbocycles. The molecule has 4 rings (SSSR count). The molecule has 4 aromatic rings. The van der Waals surface area contributed by atoms with Crippen LogP contribution in [0.3, 0.4) is 0 Å². The van der Waals surface area contributed by atoms with Crippen LogP contribution in [0, 0.1) is 0 Å². The SMILES string of the molecule is COc1c(O)cc2oc3cc4oc(C(C)(C)O)cc4cc3c(=O)c2c1CC=C(C)C. The number of furan rings is 1. The van der Waals surface area contributed by atoms with E-state index in [-0.39, 0.29) is 22.5 Å². The number of rotatable bonds is 4. The molecule has 0 aliphatic carbocycles. The van der Waals surface area contributed by atoms with Crippen molar-refractivity contribution < 1.29 is 23.8 Å². The van der Waals surface area contributed by atoms with E-state index in [1.165, 1.54) is 13.2 Å². The smallest absolute Gasteiger partial charge is 0.200 e. The number of phenols is 1.